The van der Waals surface area contributed by atoms with Crippen molar-refractivity contribution in [2.75, 3.05) is 6.61 Å². The number of nitrogens with zero attached hydrogens (tertiary/aromatic N) is 1. The minimum absolute atomic E-state index is 0.0652. The van der Waals surface area contributed by atoms with E-state index in [1.54, 1.807) is 18.0 Å². The summed E-state index contributed by atoms with van der Waals surface area (Å²) >= 11 is 0. The van der Waals surface area contributed by atoms with E-state index in [2.05, 4.69) is 0 Å². The molecule has 0 aliphatic carbocycles. The number of carbonyl (C=O) groups is 2. The highest BCUT2D eigenvalue weighted by atomic mass is 16.5. The van der Waals surface area contributed by atoms with Crippen LogP contribution >= 0.6 is 0 Å². The Kier molecular flexibility index (Phi) is 9.70. The van der Waals surface area contributed by atoms with Crippen LogP contribution in [0.15, 0.2) is 102 Å². The van der Waals surface area contributed by atoms with Gasteiger partial charge in [0.25, 0.3) is 5.91 Å². The van der Waals surface area contributed by atoms with Gasteiger partial charge in [-0.05, 0) is 54.7 Å². The highest BCUT2D eigenvalue weighted by Gasteiger charge is 2.19. The number of furan rings is 1. The zero-order valence-electron chi connectivity index (χ0n) is 21.2. The van der Waals surface area contributed by atoms with E-state index in [0.29, 0.717) is 31.7 Å². The topological polar surface area (TPSA) is 92.0 Å². The third-order valence-corrected chi connectivity index (χ3v) is 6.25. The molecule has 0 radical (unpaired) electrons. The smallest absolute Gasteiger partial charge is 0.254 e. The molecule has 0 unspecified atom stereocenters. The molecule has 3 aromatic carbocycles. The van der Waals surface area contributed by atoms with Gasteiger partial charge < -0.3 is 14.1 Å². The maximum absolute atomic E-state index is 13.7. The number of rotatable bonds is 13. The van der Waals surface area contributed by atoms with E-state index < -0.39 is 0 Å². The maximum Gasteiger partial charge on any atom is 0.254 e. The van der Waals surface area contributed by atoms with Crippen LogP contribution in [0.1, 0.15) is 47.2 Å². The number of hydroxylamine groups is 1. The molecule has 0 fully saturated rings. The molecule has 0 saturated carbocycles. The summed E-state index contributed by atoms with van der Waals surface area (Å²) in [7, 11) is 0. The van der Waals surface area contributed by atoms with Crippen molar-refractivity contribution in [1.82, 2.24) is 10.4 Å². The molecule has 2 amide bonds. The molecule has 7 heteroatoms. The molecule has 0 bridgehead atoms. The van der Waals surface area contributed by atoms with E-state index in [4.69, 9.17) is 14.4 Å². The number of hydrogen-bond donors (Lipinski definition) is 2. The van der Waals surface area contributed by atoms with E-state index in [-0.39, 0.29) is 18.2 Å². The lowest BCUT2D eigenvalue weighted by Gasteiger charge is -2.24. The minimum atomic E-state index is -0.379. The number of nitrogens with one attached hydrogen (secondary N) is 1. The predicted molar refractivity (Wildman–Crippen MR) is 144 cm³/mol. The van der Waals surface area contributed by atoms with Gasteiger partial charge in [-0.25, -0.2) is 5.48 Å². The van der Waals surface area contributed by atoms with Gasteiger partial charge in [0.1, 0.15) is 5.75 Å². The lowest BCUT2D eigenvalue weighted by atomic mass is 10.1. The normalized spacial score (nSPS) is 10.7. The Morgan fingerprint density at radius 2 is 1.58 bits per heavy atom. The van der Waals surface area contributed by atoms with Crippen LogP contribution in [0.25, 0.3) is 11.1 Å². The highest BCUT2D eigenvalue weighted by Crippen LogP contribution is 2.24. The Labute approximate surface area is 222 Å². The molecule has 2 N–H and O–H groups in total. The number of ether oxygens (including phenoxy) is 1. The third-order valence-electron chi connectivity index (χ3n) is 6.25. The Morgan fingerprint density at radius 1 is 0.816 bits per heavy atom. The van der Waals surface area contributed by atoms with Gasteiger partial charge in [-0.1, -0.05) is 60.7 Å². The summed E-state index contributed by atoms with van der Waals surface area (Å²) in [6.07, 6.45) is 5.86. The molecule has 0 spiro atoms. The van der Waals surface area contributed by atoms with E-state index in [1.807, 2.05) is 89.8 Å². The Hall–Kier alpha value is -4.36. The lowest BCUT2D eigenvalue weighted by Crippen LogP contribution is -2.30. The number of para-hydroxylation sites is 1. The molecule has 0 saturated heterocycles. The first-order valence-corrected chi connectivity index (χ1v) is 12.7. The second-order valence-electron chi connectivity index (χ2n) is 9.04. The number of benzene rings is 3. The monoisotopic (exact) mass is 512 g/mol. The van der Waals surface area contributed by atoms with Crippen molar-refractivity contribution in [3.8, 4) is 16.9 Å². The van der Waals surface area contributed by atoms with Gasteiger partial charge in [0.05, 0.1) is 19.1 Å². The largest absolute Gasteiger partial charge is 0.493 e. The van der Waals surface area contributed by atoms with Crippen LogP contribution < -0.4 is 10.2 Å². The van der Waals surface area contributed by atoms with Crippen molar-refractivity contribution in [1.29, 1.82) is 0 Å². The molecular weight excluding hydrogens is 480 g/mol. The van der Waals surface area contributed by atoms with Crippen molar-refractivity contribution in [2.45, 2.75) is 38.8 Å². The Morgan fingerprint density at radius 3 is 2.32 bits per heavy atom. The maximum atomic E-state index is 13.7. The standard InChI is InChI=1S/C31H32N2O5/c34-30(32-36)13-5-2-8-19-38-29-12-7-6-11-27(29)22-33(21-24-9-3-1-4-10-24)31(35)26-16-14-25(15-17-26)28-18-20-37-23-28/h1,3-4,6-7,9-12,14-18,20,23,36H,2,5,8,13,19,21-22H2,(H,32,34). The number of hydrogen-bond acceptors (Lipinski definition) is 5. The predicted octanol–water partition coefficient (Wildman–Crippen LogP) is 6.23. The van der Waals surface area contributed by atoms with Gasteiger partial charge in [0.15, 0.2) is 0 Å². The molecule has 0 aliphatic heterocycles. The fraction of sp³-hybridized carbons (Fsp3) is 0.226. The summed E-state index contributed by atoms with van der Waals surface area (Å²) in [5.41, 5.74) is 6.18. The molecule has 4 aromatic rings. The van der Waals surface area contributed by atoms with Crippen LogP contribution in [0.3, 0.4) is 0 Å². The Balaban J connectivity index is 1.46. The summed E-state index contributed by atoms with van der Waals surface area (Å²) in [6.45, 7) is 1.36. The SMILES string of the molecule is O=C(CCCCCOc1ccccc1CN(Cc1ccccc1)C(=O)c1ccc(-c2ccoc2)cc1)NO. The molecule has 38 heavy (non-hydrogen) atoms. The number of unbranched alkanes of at least 4 members (excludes halogenated alkanes) is 2. The van der Waals surface area contributed by atoms with Crippen LogP contribution in [-0.4, -0.2) is 28.5 Å². The van der Waals surface area contributed by atoms with E-state index >= 15 is 0 Å². The van der Waals surface area contributed by atoms with E-state index in [9.17, 15) is 9.59 Å². The fourth-order valence-corrected chi connectivity index (χ4v) is 4.20. The number of amides is 2. The van der Waals surface area contributed by atoms with Crippen molar-refractivity contribution in [2.24, 2.45) is 0 Å². The van der Waals surface area contributed by atoms with Crippen molar-refractivity contribution in [3.63, 3.8) is 0 Å². The van der Waals surface area contributed by atoms with Crippen LogP contribution in [0.2, 0.25) is 0 Å². The van der Waals surface area contributed by atoms with Crippen LogP contribution in [-0.2, 0) is 17.9 Å². The zero-order chi connectivity index (χ0) is 26.6. The van der Waals surface area contributed by atoms with E-state index in [0.717, 1.165) is 40.8 Å². The first-order chi connectivity index (χ1) is 18.6. The highest BCUT2D eigenvalue weighted by molar-refractivity contribution is 5.94. The van der Waals surface area contributed by atoms with Crippen molar-refractivity contribution in [3.05, 3.63) is 114 Å². The van der Waals surface area contributed by atoms with Crippen molar-refractivity contribution < 1.29 is 24.0 Å². The quantitative estimate of drug-likeness (QED) is 0.126. The van der Waals surface area contributed by atoms with Crippen molar-refractivity contribution >= 4 is 11.8 Å². The average Bonchev–Trinajstić information content (AvgIpc) is 3.50. The summed E-state index contributed by atoms with van der Waals surface area (Å²) in [5.74, 6) is 0.293. The second kappa shape index (κ2) is 13.8. The molecule has 1 aromatic heterocycles. The van der Waals surface area contributed by atoms with Gasteiger partial charge in [-0.3, -0.25) is 14.8 Å². The van der Waals surface area contributed by atoms with E-state index in [1.165, 1.54) is 0 Å². The summed E-state index contributed by atoms with van der Waals surface area (Å²) in [5, 5.41) is 8.59. The molecule has 0 atom stereocenters. The first-order valence-electron chi connectivity index (χ1n) is 12.7. The molecule has 7 nitrogen and oxygen atoms in total. The van der Waals surface area contributed by atoms with Gasteiger partial charge >= 0.3 is 0 Å². The number of carbonyl (C=O) groups excluding carboxylic acids is 2. The van der Waals surface area contributed by atoms with Gasteiger partial charge in [-0.15, -0.1) is 0 Å². The second-order valence-corrected chi connectivity index (χ2v) is 9.04. The third kappa shape index (κ3) is 7.57. The van der Waals surface area contributed by atoms with Crippen LogP contribution in [0, 0.1) is 0 Å². The fourth-order valence-electron chi connectivity index (χ4n) is 4.20. The van der Waals surface area contributed by atoms with Crippen LogP contribution in [0.4, 0.5) is 0 Å². The first kappa shape index (κ1) is 26.7. The summed E-state index contributed by atoms with van der Waals surface area (Å²) in [4.78, 5) is 26.7. The average molecular weight is 513 g/mol. The zero-order valence-corrected chi connectivity index (χ0v) is 21.2. The van der Waals surface area contributed by atoms with Gasteiger partial charge in [0, 0.05) is 36.2 Å². The van der Waals surface area contributed by atoms with Crippen LogP contribution in [0.5, 0.6) is 5.75 Å². The van der Waals surface area contributed by atoms with Gasteiger partial charge in [0.2, 0.25) is 5.91 Å². The molecule has 0 aliphatic rings. The summed E-state index contributed by atoms with van der Waals surface area (Å²) in [6, 6.07) is 27.1. The van der Waals surface area contributed by atoms with Gasteiger partial charge in [-0.2, -0.15) is 0 Å². The Bertz CT molecular complexity index is 1290. The minimum Gasteiger partial charge on any atom is -0.493 e. The molecule has 4 rings (SSSR count). The molecule has 196 valence electrons. The molecular formula is C31H32N2O5. The lowest BCUT2D eigenvalue weighted by molar-refractivity contribution is -0.129. The molecule has 1 heterocycles. The summed E-state index contributed by atoms with van der Waals surface area (Å²) < 4.78 is 11.2.